The second-order valence-electron chi connectivity index (χ2n) is 6.10. The predicted octanol–water partition coefficient (Wildman–Crippen LogP) is 2.83. The van der Waals surface area contributed by atoms with E-state index in [4.69, 9.17) is 4.74 Å². The summed E-state index contributed by atoms with van der Waals surface area (Å²) >= 11 is 0. The van der Waals surface area contributed by atoms with Crippen LogP contribution in [0.25, 0.3) is 0 Å². The number of urea groups is 1. The molecule has 1 N–H and O–H groups in total. The Balaban J connectivity index is 1.87. The number of hydrogen-bond acceptors (Lipinski definition) is 2. The van der Waals surface area contributed by atoms with E-state index in [1.165, 1.54) is 5.56 Å². The smallest absolute Gasteiger partial charge is 0.317 e. The number of carbonyl (C=O) groups excluding carboxylic acids is 1. The van der Waals surface area contributed by atoms with Gasteiger partial charge in [-0.15, -0.1) is 0 Å². The Bertz CT molecular complexity index is 447. The van der Waals surface area contributed by atoms with Crippen LogP contribution >= 0.6 is 0 Å². The van der Waals surface area contributed by atoms with Gasteiger partial charge in [0.15, 0.2) is 0 Å². The standard InChI is InChI=1S/C17H26N2O2/c1-13(2)18-17(20)19-11-14(3)21-16(12-19)10-9-15-7-5-4-6-8-15/h4-8,13-14,16H,9-12H2,1-3H3,(H,18,20). The Kier molecular flexibility index (Phi) is 5.62. The Labute approximate surface area is 127 Å². The van der Waals surface area contributed by atoms with E-state index in [2.05, 4.69) is 29.6 Å². The van der Waals surface area contributed by atoms with Gasteiger partial charge in [-0.05, 0) is 39.2 Å². The van der Waals surface area contributed by atoms with Crippen molar-refractivity contribution in [2.24, 2.45) is 0 Å². The Morgan fingerprint density at radius 3 is 2.71 bits per heavy atom. The number of hydrogen-bond donors (Lipinski definition) is 1. The van der Waals surface area contributed by atoms with Crippen molar-refractivity contribution in [3.8, 4) is 0 Å². The molecule has 1 aliphatic heterocycles. The van der Waals surface area contributed by atoms with Crippen LogP contribution in [-0.2, 0) is 11.2 Å². The van der Waals surface area contributed by atoms with Gasteiger partial charge in [-0.25, -0.2) is 4.79 Å². The SMILES string of the molecule is CC(C)NC(=O)N1CC(C)OC(CCc2ccccc2)C1. The molecule has 21 heavy (non-hydrogen) atoms. The van der Waals surface area contributed by atoms with Crippen LogP contribution in [0.1, 0.15) is 32.8 Å². The van der Waals surface area contributed by atoms with Crippen molar-refractivity contribution in [2.45, 2.75) is 51.9 Å². The van der Waals surface area contributed by atoms with Gasteiger partial charge >= 0.3 is 6.03 Å². The van der Waals surface area contributed by atoms with E-state index in [1.54, 1.807) is 0 Å². The van der Waals surface area contributed by atoms with Gasteiger partial charge in [0.2, 0.25) is 0 Å². The fraction of sp³-hybridized carbons (Fsp3) is 0.588. The van der Waals surface area contributed by atoms with Crippen LogP contribution in [0.5, 0.6) is 0 Å². The summed E-state index contributed by atoms with van der Waals surface area (Å²) in [6.07, 6.45) is 2.14. The summed E-state index contributed by atoms with van der Waals surface area (Å²) < 4.78 is 5.97. The Morgan fingerprint density at radius 1 is 1.33 bits per heavy atom. The molecule has 1 saturated heterocycles. The number of nitrogens with zero attached hydrogens (tertiary/aromatic N) is 1. The summed E-state index contributed by atoms with van der Waals surface area (Å²) in [5.41, 5.74) is 1.32. The zero-order valence-electron chi connectivity index (χ0n) is 13.2. The van der Waals surface area contributed by atoms with Crippen LogP contribution in [0.2, 0.25) is 0 Å². The number of morpholine rings is 1. The lowest BCUT2D eigenvalue weighted by atomic mass is 10.1. The molecule has 1 heterocycles. The fourth-order valence-electron chi connectivity index (χ4n) is 2.68. The minimum Gasteiger partial charge on any atom is -0.372 e. The third-order valence-corrected chi connectivity index (χ3v) is 3.62. The molecule has 0 spiro atoms. The predicted molar refractivity (Wildman–Crippen MR) is 84.3 cm³/mol. The molecule has 0 radical (unpaired) electrons. The van der Waals surface area contributed by atoms with Crippen molar-refractivity contribution in [3.05, 3.63) is 35.9 Å². The van der Waals surface area contributed by atoms with Gasteiger partial charge in [0.05, 0.1) is 12.2 Å². The summed E-state index contributed by atoms with van der Waals surface area (Å²) in [4.78, 5) is 14.0. The molecule has 0 aliphatic carbocycles. The maximum absolute atomic E-state index is 12.1. The molecule has 1 fully saturated rings. The quantitative estimate of drug-likeness (QED) is 0.926. The molecule has 2 amide bonds. The Morgan fingerprint density at radius 2 is 2.05 bits per heavy atom. The average Bonchev–Trinajstić information content (AvgIpc) is 2.45. The van der Waals surface area contributed by atoms with Gasteiger partial charge in [0.25, 0.3) is 0 Å². The van der Waals surface area contributed by atoms with E-state index in [0.29, 0.717) is 13.1 Å². The number of carbonyl (C=O) groups is 1. The lowest BCUT2D eigenvalue weighted by Crippen LogP contribution is -2.53. The first kappa shape index (κ1) is 15.8. The molecule has 0 bridgehead atoms. The molecule has 0 saturated carbocycles. The van der Waals surface area contributed by atoms with Crippen LogP contribution in [0, 0.1) is 0 Å². The number of nitrogens with one attached hydrogen (secondary N) is 1. The van der Waals surface area contributed by atoms with Crippen LogP contribution in [0.15, 0.2) is 30.3 Å². The number of aryl methyl sites for hydroxylation is 1. The maximum atomic E-state index is 12.1. The van der Waals surface area contributed by atoms with E-state index in [-0.39, 0.29) is 24.3 Å². The number of rotatable bonds is 4. The molecule has 2 rings (SSSR count). The molecule has 0 aromatic heterocycles. The third-order valence-electron chi connectivity index (χ3n) is 3.62. The normalized spacial score (nSPS) is 22.4. The zero-order valence-corrected chi connectivity index (χ0v) is 13.2. The van der Waals surface area contributed by atoms with Gasteiger partial charge in [-0.3, -0.25) is 0 Å². The molecular weight excluding hydrogens is 264 g/mol. The summed E-state index contributed by atoms with van der Waals surface area (Å²) in [6.45, 7) is 7.34. The van der Waals surface area contributed by atoms with Crippen molar-refractivity contribution in [2.75, 3.05) is 13.1 Å². The van der Waals surface area contributed by atoms with Gasteiger partial charge in [0.1, 0.15) is 0 Å². The molecule has 116 valence electrons. The first-order valence-corrected chi connectivity index (χ1v) is 7.79. The monoisotopic (exact) mass is 290 g/mol. The molecule has 2 unspecified atom stereocenters. The average molecular weight is 290 g/mol. The van der Waals surface area contributed by atoms with Crippen LogP contribution < -0.4 is 5.32 Å². The second-order valence-corrected chi connectivity index (χ2v) is 6.10. The minimum absolute atomic E-state index is 0.0184. The topological polar surface area (TPSA) is 41.6 Å². The molecular formula is C17H26N2O2. The van der Waals surface area contributed by atoms with Crippen molar-refractivity contribution in [3.63, 3.8) is 0 Å². The largest absolute Gasteiger partial charge is 0.372 e. The van der Waals surface area contributed by atoms with E-state index in [9.17, 15) is 4.79 Å². The highest BCUT2D eigenvalue weighted by Crippen LogP contribution is 2.16. The highest BCUT2D eigenvalue weighted by molar-refractivity contribution is 5.74. The third kappa shape index (κ3) is 5.05. The highest BCUT2D eigenvalue weighted by Gasteiger charge is 2.28. The molecule has 2 atom stereocenters. The van der Waals surface area contributed by atoms with Gasteiger partial charge in [0, 0.05) is 19.1 Å². The summed E-state index contributed by atoms with van der Waals surface area (Å²) in [5, 5.41) is 2.96. The fourth-order valence-corrected chi connectivity index (χ4v) is 2.68. The molecule has 4 heteroatoms. The first-order valence-electron chi connectivity index (χ1n) is 7.79. The Hall–Kier alpha value is -1.55. The lowest BCUT2D eigenvalue weighted by molar-refractivity contribution is -0.0665. The van der Waals surface area contributed by atoms with Crippen molar-refractivity contribution < 1.29 is 9.53 Å². The number of ether oxygens (including phenoxy) is 1. The van der Waals surface area contributed by atoms with Crippen LogP contribution in [-0.4, -0.2) is 42.3 Å². The molecule has 4 nitrogen and oxygen atoms in total. The van der Waals surface area contributed by atoms with Gasteiger partial charge in [-0.1, -0.05) is 30.3 Å². The number of benzene rings is 1. The van der Waals surface area contributed by atoms with Crippen molar-refractivity contribution in [1.29, 1.82) is 0 Å². The molecule has 1 aromatic rings. The minimum atomic E-state index is 0.0184. The van der Waals surface area contributed by atoms with Gasteiger partial charge in [-0.2, -0.15) is 0 Å². The second kappa shape index (κ2) is 7.46. The van der Waals surface area contributed by atoms with Crippen molar-refractivity contribution in [1.82, 2.24) is 10.2 Å². The summed E-state index contributed by atoms with van der Waals surface area (Å²) in [7, 11) is 0. The zero-order chi connectivity index (χ0) is 15.2. The number of amides is 2. The summed E-state index contributed by atoms with van der Waals surface area (Å²) in [5.74, 6) is 0. The van der Waals surface area contributed by atoms with E-state index in [0.717, 1.165) is 12.8 Å². The van der Waals surface area contributed by atoms with E-state index in [1.807, 2.05) is 31.7 Å². The van der Waals surface area contributed by atoms with E-state index < -0.39 is 0 Å². The lowest BCUT2D eigenvalue weighted by Gasteiger charge is -2.37. The van der Waals surface area contributed by atoms with Crippen molar-refractivity contribution >= 4 is 6.03 Å². The maximum Gasteiger partial charge on any atom is 0.317 e. The molecule has 1 aliphatic rings. The van der Waals surface area contributed by atoms with Crippen LogP contribution in [0.3, 0.4) is 0 Å². The van der Waals surface area contributed by atoms with E-state index >= 15 is 0 Å². The highest BCUT2D eigenvalue weighted by atomic mass is 16.5. The van der Waals surface area contributed by atoms with Gasteiger partial charge < -0.3 is 15.0 Å². The summed E-state index contributed by atoms with van der Waals surface area (Å²) in [6, 6.07) is 10.6. The molecule has 1 aromatic carbocycles. The van der Waals surface area contributed by atoms with Crippen LogP contribution in [0.4, 0.5) is 4.79 Å². The first-order chi connectivity index (χ1) is 10.0.